The molecule has 0 fully saturated rings. The molecule has 0 aliphatic heterocycles. The largest absolute Gasteiger partial charge is 0.480 e. The second-order valence-electron chi connectivity index (χ2n) is 5.52. The molecular formula is C16H20ClNO4. The maximum absolute atomic E-state index is 11.9. The lowest BCUT2D eigenvalue weighted by atomic mass is 10.0. The zero-order valence-corrected chi connectivity index (χ0v) is 13.4. The summed E-state index contributed by atoms with van der Waals surface area (Å²) in [5.41, 5.74) is 0.481. The Hall–Kier alpha value is -1.88. The predicted molar refractivity (Wildman–Crippen MR) is 84.0 cm³/mol. The number of halogens is 1. The number of carbonyl (C=O) groups is 3. The Labute approximate surface area is 134 Å². The lowest BCUT2D eigenvalue weighted by molar-refractivity contribution is -0.142. The van der Waals surface area contributed by atoms with Gasteiger partial charge in [-0.25, -0.2) is 4.79 Å². The van der Waals surface area contributed by atoms with E-state index in [0.29, 0.717) is 17.0 Å². The third-order valence-electron chi connectivity index (χ3n) is 3.09. The highest BCUT2D eigenvalue weighted by Crippen LogP contribution is 2.12. The molecule has 0 radical (unpaired) electrons. The fourth-order valence-electron chi connectivity index (χ4n) is 1.97. The topological polar surface area (TPSA) is 83.5 Å². The SMILES string of the molecule is CC(C)C[C@@H](NC(=O)CCC(=O)c1ccc(Cl)cc1)C(=O)O. The second kappa shape index (κ2) is 8.54. The minimum atomic E-state index is -1.06. The highest BCUT2D eigenvalue weighted by molar-refractivity contribution is 6.30. The Bertz CT molecular complexity index is 540. The van der Waals surface area contributed by atoms with Crippen molar-refractivity contribution in [3.8, 4) is 0 Å². The number of aliphatic carboxylic acids is 1. The molecule has 0 aromatic heterocycles. The molecule has 0 aliphatic rings. The number of nitrogens with one attached hydrogen (secondary N) is 1. The summed E-state index contributed by atoms with van der Waals surface area (Å²) in [6.45, 7) is 3.76. The summed E-state index contributed by atoms with van der Waals surface area (Å²) < 4.78 is 0. The van der Waals surface area contributed by atoms with Gasteiger partial charge in [-0.2, -0.15) is 0 Å². The van der Waals surface area contributed by atoms with E-state index in [0.717, 1.165) is 0 Å². The molecule has 120 valence electrons. The summed E-state index contributed by atoms with van der Waals surface area (Å²) in [7, 11) is 0. The molecular weight excluding hydrogens is 306 g/mol. The van der Waals surface area contributed by atoms with Crippen LogP contribution in [-0.2, 0) is 9.59 Å². The van der Waals surface area contributed by atoms with Crippen LogP contribution >= 0.6 is 11.6 Å². The van der Waals surface area contributed by atoms with Gasteiger partial charge in [-0.1, -0.05) is 25.4 Å². The van der Waals surface area contributed by atoms with E-state index in [1.54, 1.807) is 24.3 Å². The molecule has 22 heavy (non-hydrogen) atoms. The van der Waals surface area contributed by atoms with Gasteiger partial charge in [0.15, 0.2) is 5.78 Å². The Morgan fingerprint density at radius 2 is 1.73 bits per heavy atom. The number of carboxylic acid groups (broad SMARTS) is 1. The van der Waals surface area contributed by atoms with Crippen LogP contribution in [0.4, 0.5) is 0 Å². The Balaban J connectivity index is 2.49. The Morgan fingerprint density at radius 1 is 1.14 bits per heavy atom. The summed E-state index contributed by atoms with van der Waals surface area (Å²) in [6.07, 6.45) is 0.344. The first-order chi connectivity index (χ1) is 10.3. The van der Waals surface area contributed by atoms with E-state index in [9.17, 15) is 14.4 Å². The predicted octanol–water partition coefficient (Wildman–Crippen LogP) is 2.92. The Morgan fingerprint density at radius 3 is 2.23 bits per heavy atom. The van der Waals surface area contributed by atoms with Gasteiger partial charge in [0, 0.05) is 23.4 Å². The standard InChI is InChI=1S/C16H20ClNO4/c1-10(2)9-13(16(21)22)18-15(20)8-7-14(19)11-3-5-12(17)6-4-11/h3-6,10,13H,7-9H2,1-2H3,(H,18,20)(H,21,22)/t13-/m1/s1. The molecule has 2 N–H and O–H groups in total. The number of Topliss-reactive ketones (excluding diaryl/α,β-unsaturated/α-hetero) is 1. The van der Waals surface area contributed by atoms with Gasteiger partial charge in [0.05, 0.1) is 0 Å². The van der Waals surface area contributed by atoms with Crippen molar-refractivity contribution in [2.24, 2.45) is 5.92 Å². The molecule has 0 heterocycles. The van der Waals surface area contributed by atoms with E-state index in [2.05, 4.69) is 5.32 Å². The van der Waals surface area contributed by atoms with Crippen molar-refractivity contribution in [3.63, 3.8) is 0 Å². The highest BCUT2D eigenvalue weighted by atomic mass is 35.5. The zero-order valence-electron chi connectivity index (χ0n) is 12.6. The van der Waals surface area contributed by atoms with E-state index in [-0.39, 0.29) is 24.5 Å². The smallest absolute Gasteiger partial charge is 0.326 e. The lowest BCUT2D eigenvalue weighted by Crippen LogP contribution is -2.41. The minimum Gasteiger partial charge on any atom is -0.480 e. The van der Waals surface area contributed by atoms with Crippen LogP contribution < -0.4 is 5.32 Å². The molecule has 0 unspecified atom stereocenters. The fraction of sp³-hybridized carbons (Fsp3) is 0.438. The third kappa shape index (κ3) is 6.26. The van der Waals surface area contributed by atoms with Gasteiger partial charge in [-0.05, 0) is 36.6 Å². The molecule has 0 bridgehead atoms. The summed E-state index contributed by atoms with van der Waals surface area (Å²) in [6, 6.07) is 5.50. The van der Waals surface area contributed by atoms with E-state index < -0.39 is 17.9 Å². The first-order valence-electron chi connectivity index (χ1n) is 7.10. The maximum Gasteiger partial charge on any atom is 0.326 e. The van der Waals surface area contributed by atoms with E-state index in [4.69, 9.17) is 16.7 Å². The minimum absolute atomic E-state index is 0.0292. The quantitative estimate of drug-likeness (QED) is 0.720. The number of ketones is 1. The van der Waals surface area contributed by atoms with Gasteiger partial charge >= 0.3 is 5.97 Å². The Kier molecular flexibility index (Phi) is 7.05. The van der Waals surface area contributed by atoms with Crippen molar-refractivity contribution in [1.29, 1.82) is 0 Å². The van der Waals surface area contributed by atoms with Crippen LogP contribution in [0.1, 0.15) is 43.5 Å². The number of amides is 1. The van der Waals surface area contributed by atoms with Crippen molar-refractivity contribution in [2.45, 2.75) is 39.2 Å². The molecule has 6 heteroatoms. The first-order valence-corrected chi connectivity index (χ1v) is 7.48. The highest BCUT2D eigenvalue weighted by Gasteiger charge is 2.21. The fourth-order valence-corrected chi connectivity index (χ4v) is 2.09. The number of hydrogen-bond donors (Lipinski definition) is 2. The van der Waals surface area contributed by atoms with Crippen molar-refractivity contribution in [2.75, 3.05) is 0 Å². The molecule has 1 aromatic rings. The maximum atomic E-state index is 11.9. The summed E-state index contributed by atoms with van der Waals surface area (Å²) in [4.78, 5) is 34.8. The number of hydrogen-bond acceptors (Lipinski definition) is 3. The van der Waals surface area contributed by atoms with Crippen molar-refractivity contribution in [3.05, 3.63) is 34.9 Å². The molecule has 5 nitrogen and oxygen atoms in total. The van der Waals surface area contributed by atoms with Crippen LogP contribution in [0, 0.1) is 5.92 Å². The van der Waals surface area contributed by atoms with Crippen molar-refractivity contribution < 1.29 is 19.5 Å². The van der Waals surface area contributed by atoms with Gasteiger partial charge in [-0.3, -0.25) is 9.59 Å². The van der Waals surface area contributed by atoms with E-state index in [1.807, 2.05) is 13.8 Å². The van der Waals surface area contributed by atoms with Crippen LogP contribution in [0.3, 0.4) is 0 Å². The number of rotatable bonds is 8. The number of carboxylic acids is 1. The normalized spacial score (nSPS) is 12.0. The molecule has 0 saturated carbocycles. The lowest BCUT2D eigenvalue weighted by Gasteiger charge is -2.16. The second-order valence-corrected chi connectivity index (χ2v) is 5.95. The van der Waals surface area contributed by atoms with Gasteiger partial charge in [0.1, 0.15) is 6.04 Å². The van der Waals surface area contributed by atoms with Gasteiger partial charge in [-0.15, -0.1) is 0 Å². The summed E-state index contributed by atoms with van der Waals surface area (Å²) in [5.74, 6) is -1.53. The van der Waals surface area contributed by atoms with Gasteiger partial charge in [0.25, 0.3) is 0 Å². The van der Waals surface area contributed by atoms with E-state index >= 15 is 0 Å². The van der Waals surface area contributed by atoms with Crippen LogP contribution in [0.2, 0.25) is 5.02 Å². The average molecular weight is 326 g/mol. The van der Waals surface area contributed by atoms with Crippen LogP contribution in [-0.4, -0.2) is 28.8 Å². The zero-order chi connectivity index (χ0) is 16.7. The summed E-state index contributed by atoms with van der Waals surface area (Å²) in [5, 5.41) is 12.0. The van der Waals surface area contributed by atoms with Gasteiger partial charge < -0.3 is 10.4 Å². The van der Waals surface area contributed by atoms with Crippen LogP contribution in [0.5, 0.6) is 0 Å². The van der Waals surface area contributed by atoms with Crippen molar-refractivity contribution in [1.82, 2.24) is 5.32 Å². The van der Waals surface area contributed by atoms with E-state index in [1.165, 1.54) is 0 Å². The molecule has 0 saturated heterocycles. The monoisotopic (exact) mass is 325 g/mol. The van der Waals surface area contributed by atoms with Crippen molar-refractivity contribution >= 4 is 29.3 Å². The van der Waals surface area contributed by atoms with Crippen LogP contribution in [0.25, 0.3) is 0 Å². The number of carbonyl (C=O) groups excluding carboxylic acids is 2. The molecule has 0 aliphatic carbocycles. The molecule has 1 rings (SSSR count). The molecule has 0 spiro atoms. The average Bonchev–Trinajstić information content (AvgIpc) is 2.44. The van der Waals surface area contributed by atoms with Gasteiger partial charge in [0.2, 0.25) is 5.91 Å². The third-order valence-corrected chi connectivity index (χ3v) is 3.34. The van der Waals surface area contributed by atoms with Crippen LogP contribution in [0.15, 0.2) is 24.3 Å². The molecule has 1 amide bonds. The molecule has 1 aromatic carbocycles. The molecule has 1 atom stereocenters. The number of benzene rings is 1. The summed E-state index contributed by atoms with van der Waals surface area (Å²) >= 11 is 5.74. The first kappa shape index (κ1) is 18.2.